The fourth-order valence-electron chi connectivity index (χ4n) is 2.69. The van der Waals surface area contributed by atoms with Gasteiger partial charge in [-0.3, -0.25) is 0 Å². The van der Waals surface area contributed by atoms with Crippen LogP contribution in [0.3, 0.4) is 0 Å². The molecule has 0 unspecified atom stereocenters. The Hall–Kier alpha value is -0.450. The molecule has 0 amide bonds. The van der Waals surface area contributed by atoms with E-state index in [4.69, 9.17) is 0 Å². The number of aliphatic hydroxyl groups excluding tert-OH is 1. The predicted molar refractivity (Wildman–Crippen MR) is 71.3 cm³/mol. The number of aryl methyl sites for hydroxylation is 2. The lowest BCUT2D eigenvalue weighted by Crippen LogP contribution is -2.34. The Bertz CT molecular complexity index is 369. The topological polar surface area (TPSA) is 45.2 Å². The minimum Gasteiger partial charge on any atom is -0.396 e. The molecule has 0 bridgehead atoms. The Morgan fingerprint density at radius 1 is 1.35 bits per heavy atom. The van der Waals surface area contributed by atoms with E-state index in [1.807, 2.05) is 6.92 Å². The summed E-state index contributed by atoms with van der Waals surface area (Å²) in [5.74, 6) is 0. The zero-order valence-electron chi connectivity index (χ0n) is 10.8. The van der Waals surface area contributed by atoms with Crippen LogP contribution in [-0.2, 0) is 6.54 Å². The summed E-state index contributed by atoms with van der Waals surface area (Å²) < 4.78 is 0. The van der Waals surface area contributed by atoms with E-state index in [0.29, 0.717) is 6.61 Å². The number of thiazole rings is 1. The van der Waals surface area contributed by atoms with Crippen molar-refractivity contribution in [3.63, 3.8) is 0 Å². The number of aliphatic hydroxyl groups is 1. The van der Waals surface area contributed by atoms with Crippen LogP contribution in [0, 0.1) is 19.3 Å². The van der Waals surface area contributed by atoms with Crippen LogP contribution in [0.25, 0.3) is 0 Å². The molecular formula is C13H22N2OS. The van der Waals surface area contributed by atoms with E-state index >= 15 is 0 Å². The van der Waals surface area contributed by atoms with E-state index in [1.54, 1.807) is 11.3 Å². The van der Waals surface area contributed by atoms with Crippen LogP contribution in [0.1, 0.15) is 41.3 Å². The fraction of sp³-hybridized carbons (Fsp3) is 0.769. The normalized spacial score (nSPS) is 18.8. The second-order valence-electron chi connectivity index (χ2n) is 5.21. The molecule has 96 valence electrons. The van der Waals surface area contributed by atoms with Gasteiger partial charge in [-0.05, 0) is 26.7 Å². The number of hydrogen-bond acceptors (Lipinski definition) is 4. The third-order valence-electron chi connectivity index (χ3n) is 3.78. The van der Waals surface area contributed by atoms with Gasteiger partial charge in [0.15, 0.2) is 0 Å². The monoisotopic (exact) mass is 254 g/mol. The minimum atomic E-state index is 0.146. The summed E-state index contributed by atoms with van der Waals surface area (Å²) in [6.07, 6.45) is 4.86. The number of nitrogens with one attached hydrogen (secondary N) is 1. The zero-order chi connectivity index (χ0) is 12.3. The highest BCUT2D eigenvalue weighted by atomic mass is 32.1. The molecule has 17 heavy (non-hydrogen) atoms. The summed E-state index contributed by atoms with van der Waals surface area (Å²) in [4.78, 5) is 5.76. The largest absolute Gasteiger partial charge is 0.396 e. The Balaban J connectivity index is 1.84. The number of hydrogen-bond donors (Lipinski definition) is 2. The van der Waals surface area contributed by atoms with Gasteiger partial charge in [0.05, 0.1) is 10.7 Å². The molecule has 0 saturated heterocycles. The molecule has 3 nitrogen and oxygen atoms in total. The second kappa shape index (κ2) is 5.46. The van der Waals surface area contributed by atoms with Crippen molar-refractivity contribution in [3.8, 4) is 0 Å². The molecule has 1 heterocycles. The molecule has 2 rings (SSSR count). The van der Waals surface area contributed by atoms with Gasteiger partial charge in [0.1, 0.15) is 0 Å². The molecule has 2 N–H and O–H groups in total. The highest BCUT2D eigenvalue weighted by Crippen LogP contribution is 2.37. The van der Waals surface area contributed by atoms with E-state index in [9.17, 15) is 5.11 Å². The van der Waals surface area contributed by atoms with Gasteiger partial charge in [-0.25, -0.2) is 4.98 Å². The molecule has 0 spiro atoms. The van der Waals surface area contributed by atoms with Crippen LogP contribution >= 0.6 is 11.3 Å². The molecule has 4 heteroatoms. The molecule has 1 aliphatic rings. The standard InChI is InChI=1S/C13H22N2OS/c1-10-12(17-11(2)15-10)7-14-8-13(9-16)5-3-4-6-13/h14,16H,3-9H2,1-2H3. The summed E-state index contributed by atoms with van der Waals surface area (Å²) in [6.45, 7) is 6.25. The van der Waals surface area contributed by atoms with E-state index in [2.05, 4.69) is 17.2 Å². The van der Waals surface area contributed by atoms with Crippen LogP contribution in [-0.4, -0.2) is 23.2 Å². The summed E-state index contributed by atoms with van der Waals surface area (Å²) in [7, 11) is 0. The molecule has 0 aliphatic heterocycles. The lowest BCUT2D eigenvalue weighted by Gasteiger charge is -2.26. The first kappa shape index (κ1) is 13.0. The van der Waals surface area contributed by atoms with Crippen molar-refractivity contribution < 1.29 is 5.11 Å². The lowest BCUT2D eigenvalue weighted by atomic mass is 9.87. The van der Waals surface area contributed by atoms with Crippen LogP contribution in [0.15, 0.2) is 0 Å². The molecule has 1 saturated carbocycles. The highest BCUT2D eigenvalue weighted by molar-refractivity contribution is 7.11. The van der Waals surface area contributed by atoms with Crippen molar-refractivity contribution in [1.29, 1.82) is 0 Å². The second-order valence-corrected chi connectivity index (χ2v) is 6.50. The number of nitrogens with zero attached hydrogens (tertiary/aromatic N) is 1. The lowest BCUT2D eigenvalue weighted by molar-refractivity contribution is 0.128. The van der Waals surface area contributed by atoms with Crippen LogP contribution < -0.4 is 5.32 Å². The van der Waals surface area contributed by atoms with E-state index in [1.165, 1.54) is 17.7 Å². The smallest absolute Gasteiger partial charge is 0.0900 e. The molecular weight excluding hydrogens is 232 g/mol. The van der Waals surface area contributed by atoms with Gasteiger partial charge in [-0.15, -0.1) is 11.3 Å². The summed E-state index contributed by atoms with van der Waals surface area (Å²) >= 11 is 1.77. The van der Waals surface area contributed by atoms with Crippen LogP contribution in [0.2, 0.25) is 0 Å². The first-order chi connectivity index (χ1) is 8.15. The van der Waals surface area contributed by atoms with Gasteiger partial charge < -0.3 is 10.4 Å². The van der Waals surface area contributed by atoms with Gasteiger partial charge >= 0.3 is 0 Å². The van der Waals surface area contributed by atoms with Crippen molar-refractivity contribution >= 4 is 11.3 Å². The van der Waals surface area contributed by atoms with Crippen molar-refractivity contribution in [2.24, 2.45) is 5.41 Å². The van der Waals surface area contributed by atoms with Gasteiger partial charge in [0, 0.05) is 30.0 Å². The first-order valence-corrected chi connectivity index (χ1v) is 7.21. The summed E-state index contributed by atoms with van der Waals surface area (Å²) in [5, 5.41) is 14.2. The fourth-order valence-corrected chi connectivity index (χ4v) is 3.60. The van der Waals surface area contributed by atoms with Gasteiger partial charge in [-0.2, -0.15) is 0 Å². The molecule has 0 radical (unpaired) electrons. The summed E-state index contributed by atoms with van der Waals surface area (Å²) in [5.41, 5.74) is 1.29. The molecule has 1 aliphatic carbocycles. The molecule has 0 atom stereocenters. The molecule has 1 aromatic rings. The quantitative estimate of drug-likeness (QED) is 0.848. The van der Waals surface area contributed by atoms with E-state index in [-0.39, 0.29) is 5.41 Å². The Morgan fingerprint density at radius 2 is 2.06 bits per heavy atom. The molecule has 1 fully saturated rings. The third kappa shape index (κ3) is 3.06. The Morgan fingerprint density at radius 3 is 2.59 bits per heavy atom. The first-order valence-electron chi connectivity index (χ1n) is 6.40. The van der Waals surface area contributed by atoms with Crippen LogP contribution in [0.5, 0.6) is 0 Å². The Labute approximate surface area is 107 Å². The molecule has 0 aromatic carbocycles. The zero-order valence-corrected chi connectivity index (χ0v) is 11.6. The minimum absolute atomic E-state index is 0.146. The maximum atomic E-state index is 9.52. The predicted octanol–water partition coefficient (Wildman–Crippen LogP) is 2.40. The average molecular weight is 254 g/mol. The number of aromatic nitrogens is 1. The van der Waals surface area contributed by atoms with Gasteiger partial charge in [-0.1, -0.05) is 12.8 Å². The third-order valence-corrected chi connectivity index (χ3v) is 4.86. The molecule has 1 aromatic heterocycles. The van der Waals surface area contributed by atoms with Crippen molar-refractivity contribution in [1.82, 2.24) is 10.3 Å². The maximum absolute atomic E-state index is 9.52. The van der Waals surface area contributed by atoms with Gasteiger partial charge in [0.2, 0.25) is 0 Å². The highest BCUT2D eigenvalue weighted by Gasteiger charge is 2.32. The van der Waals surface area contributed by atoms with E-state index < -0.39 is 0 Å². The Kier molecular flexibility index (Phi) is 4.17. The number of rotatable bonds is 5. The van der Waals surface area contributed by atoms with Crippen LogP contribution in [0.4, 0.5) is 0 Å². The average Bonchev–Trinajstić information content (AvgIpc) is 2.88. The van der Waals surface area contributed by atoms with Crippen molar-refractivity contribution in [3.05, 3.63) is 15.6 Å². The van der Waals surface area contributed by atoms with E-state index in [0.717, 1.165) is 36.6 Å². The summed E-state index contributed by atoms with van der Waals surface area (Å²) in [6, 6.07) is 0. The SMILES string of the molecule is Cc1nc(C)c(CNCC2(CO)CCCC2)s1. The van der Waals surface area contributed by atoms with Crippen molar-refractivity contribution in [2.45, 2.75) is 46.1 Å². The van der Waals surface area contributed by atoms with Gasteiger partial charge in [0.25, 0.3) is 0 Å². The maximum Gasteiger partial charge on any atom is 0.0900 e. The van der Waals surface area contributed by atoms with Crippen molar-refractivity contribution in [2.75, 3.05) is 13.2 Å².